The van der Waals surface area contributed by atoms with E-state index in [4.69, 9.17) is 17.4 Å². The van der Waals surface area contributed by atoms with Gasteiger partial charge in [-0.2, -0.15) is 5.10 Å². The molecule has 108 valence electrons. The minimum atomic E-state index is -0.0175. The summed E-state index contributed by atoms with van der Waals surface area (Å²) < 4.78 is 2.82. The van der Waals surface area contributed by atoms with Crippen LogP contribution in [0, 0.1) is 0 Å². The highest BCUT2D eigenvalue weighted by Gasteiger charge is 2.14. The molecule has 1 aromatic carbocycles. The largest absolute Gasteiger partial charge is 0.271 e. The Bertz CT molecular complexity index is 582. The third kappa shape index (κ3) is 3.61. The third-order valence-electron chi connectivity index (χ3n) is 3.15. The van der Waals surface area contributed by atoms with E-state index in [1.165, 1.54) is 0 Å². The molecule has 0 bridgehead atoms. The van der Waals surface area contributed by atoms with Gasteiger partial charge in [-0.1, -0.05) is 17.7 Å². The molecule has 0 saturated heterocycles. The van der Waals surface area contributed by atoms with Gasteiger partial charge in [0, 0.05) is 23.1 Å². The number of hydrogen-bond donors (Lipinski definition) is 2. The highest BCUT2D eigenvalue weighted by atomic mass is 79.9. The molecular weight excluding hydrogens is 340 g/mol. The van der Waals surface area contributed by atoms with Crippen LogP contribution in [0.2, 0.25) is 5.02 Å². The van der Waals surface area contributed by atoms with Crippen LogP contribution in [0.4, 0.5) is 0 Å². The van der Waals surface area contributed by atoms with Gasteiger partial charge in [0.25, 0.3) is 0 Å². The molecule has 2 aromatic rings. The standard InChI is InChI=1S/C14H18BrClN4/c1-9(2)20-6-5-11(19-20)8-14(18-17)10-3-4-12(15)13(16)7-10/h3-7,9,14,18H,8,17H2,1-2H3. The number of aromatic nitrogens is 2. The molecule has 0 radical (unpaired) electrons. The summed E-state index contributed by atoms with van der Waals surface area (Å²) in [5, 5.41) is 5.22. The predicted octanol–water partition coefficient (Wildman–Crippen LogP) is 3.63. The smallest absolute Gasteiger partial charge is 0.0644 e. The van der Waals surface area contributed by atoms with Gasteiger partial charge in [0.05, 0.1) is 16.8 Å². The Morgan fingerprint density at radius 1 is 1.40 bits per heavy atom. The first-order valence-corrected chi connectivity index (χ1v) is 7.63. The summed E-state index contributed by atoms with van der Waals surface area (Å²) in [6, 6.07) is 8.20. The Balaban J connectivity index is 2.17. The second kappa shape index (κ2) is 6.72. The molecule has 2 rings (SSSR count). The molecule has 4 nitrogen and oxygen atoms in total. The van der Waals surface area contributed by atoms with E-state index < -0.39 is 0 Å². The number of hydrazine groups is 1. The van der Waals surface area contributed by atoms with Crippen molar-refractivity contribution < 1.29 is 0 Å². The number of nitrogens with zero attached hydrogens (tertiary/aromatic N) is 2. The van der Waals surface area contributed by atoms with Gasteiger partial charge in [-0.15, -0.1) is 0 Å². The second-order valence-corrected chi connectivity index (χ2v) is 6.24. The molecule has 1 unspecified atom stereocenters. The first-order valence-electron chi connectivity index (χ1n) is 6.46. The van der Waals surface area contributed by atoms with Crippen LogP contribution in [0.15, 0.2) is 34.9 Å². The normalized spacial score (nSPS) is 12.9. The summed E-state index contributed by atoms with van der Waals surface area (Å²) in [6.45, 7) is 4.20. The van der Waals surface area contributed by atoms with E-state index in [0.717, 1.165) is 15.7 Å². The summed E-state index contributed by atoms with van der Waals surface area (Å²) >= 11 is 9.52. The number of hydrogen-bond acceptors (Lipinski definition) is 3. The topological polar surface area (TPSA) is 55.9 Å². The SMILES string of the molecule is CC(C)n1ccc(CC(NN)c2ccc(Br)c(Cl)c2)n1. The molecule has 0 amide bonds. The Kier molecular flexibility index (Phi) is 5.21. The molecule has 0 spiro atoms. The van der Waals surface area contributed by atoms with Crippen LogP contribution >= 0.6 is 27.5 Å². The van der Waals surface area contributed by atoms with Crippen LogP contribution in [-0.2, 0) is 6.42 Å². The average Bonchev–Trinajstić information content (AvgIpc) is 2.88. The van der Waals surface area contributed by atoms with Gasteiger partial charge in [-0.05, 0) is 53.5 Å². The molecule has 0 fully saturated rings. The highest BCUT2D eigenvalue weighted by molar-refractivity contribution is 9.10. The molecule has 1 aromatic heterocycles. The zero-order chi connectivity index (χ0) is 14.7. The molecule has 0 aliphatic rings. The van der Waals surface area contributed by atoms with Crippen LogP contribution in [0.3, 0.4) is 0 Å². The Hall–Kier alpha value is -0.880. The highest BCUT2D eigenvalue weighted by Crippen LogP contribution is 2.27. The number of halogens is 2. The van der Waals surface area contributed by atoms with Gasteiger partial charge in [-0.3, -0.25) is 16.0 Å². The van der Waals surface area contributed by atoms with Crippen molar-refractivity contribution in [3.05, 3.63) is 51.2 Å². The quantitative estimate of drug-likeness (QED) is 0.634. The van der Waals surface area contributed by atoms with Crippen LogP contribution < -0.4 is 11.3 Å². The zero-order valence-electron chi connectivity index (χ0n) is 11.5. The minimum Gasteiger partial charge on any atom is -0.271 e. The molecule has 0 aliphatic heterocycles. The fraction of sp³-hybridized carbons (Fsp3) is 0.357. The van der Waals surface area contributed by atoms with Crippen molar-refractivity contribution in [1.82, 2.24) is 15.2 Å². The lowest BCUT2D eigenvalue weighted by Gasteiger charge is -2.16. The fourth-order valence-corrected chi connectivity index (χ4v) is 2.42. The van der Waals surface area contributed by atoms with Crippen molar-refractivity contribution in [1.29, 1.82) is 0 Å². The number of nitrogens with two attached hydrogens (primary N) is 1. The second-order valence-electron chi connectivity index (χ2n) is 4.98. The van der Waals surface area contributed by atoms with Gasteiger partial charge in [0.2, 0.25) is 0 Å². The first kappa shape index (κ1) is 15.5. The lowest BCUT2D eigenvalue weighted by molar-refractivity contribution is 0.507. The lowest BCUT2D eigenvalue weighted by atomic mass is 10.0. The van der Waals surface area contributed by atoms with Crippen LogP contribution in [0.25, 0.3) is 0 Å². The molecule has 0 saturated carbocycles. The first-order chi connectivity index (χ1) is 9.51. The molecular formula is C14H18BrClN4. The third-order valence-corrected chi connectivity index (χ3v) is 4.39. The van der Waals surface area contributed by atoms with Crippen molar-refractivity contribution in [3.63, 3.8) is 0 Å². The maximum Gasteiger partial charge on any atom is 0.0644 e. The van der Waals surface area contributed by atoms with E-state index in [0.29, 0.717) is 17.5 Å². The van der Waals surface area contributed by atoms with E-state index in [1.54, 1.807) is 0 Å². The number of nitrogens with one attached hydrogen (secondary N) is 1. The van der Waals surface area contributed by atoms with Gasteiger partial charge in [0.15, 0.2) is 0 Å². The monoisotopic (exact) mass is 356 g/mol. The lowest BCUT2D eigenvalue weighted by Crippen LogP contribution is -2.29. The summed E-state index contributed by atoms with van der Waals surface area (Å²) in [7, 11) is 0. The van der Waals surface area contributed by atoms with Crippen LogP contribution in [0.1, 0.15) is 37.2 Å². The molecule has 3 N–H and O–H groups in total. The van der Waals surface area contributed by atoms with Gasteiger partial charge in [-0.25, -0.2) is 0 Å². The summed E-state index contributed by atoms with van der Waals surface area (Å²) in [4.78, 5) is 0. The summed E-state index contributed by atoms with van der Waals surface area (Å²) in [5.41, 5.74) is 4.87. The van der Waals surface area contributed by atoms with Crippen molar-refractivity contribution >= 4 is 27.5 Å². The molecule has 1 heterocycles. The Morgan fingerprint density at radius 2 is 2.15 bits per heavy atom. The van der Waals surface area contributed by atoms with Gasteiger partial charge in [0.1, 0.15) is 0 Å². The summed E-state index contributed by atoms with van der Waals surface area (Å²) in [5.74, 6) is 5.67. The van der Waals surface area contributed by atoms with E-state index in [1.807, 2.05) is 35.1 Å². The number of benzene rings is 1. The van der Waals surface area contributed by atoms with Crippen molar-refractivity contribution in [2.45, 2.75) is 32.4 Å². The van der Waals surface area contributed by atoms with Crippen molar-refractivity contribution in [3.8, 4) is 0 Å². The fourth-order valence-electron chi connectivity index (χ4n) is 1.99. The molecule has 20 heavy (non-hydrogen) atoms. The Morgan fingerprint density at radius 3 is 2.70 bits per heavy atom. The predicted molar refractivity (Wildman–Crippen MR) is 85.5 cm³/mol. The van der Waals surface area contributed by atoms with E-state index >= 15 is 0 Å². The maximum absolute atomic E-state index is 6.13. The molecule has 6 heteroatoms. The van der Waals surface area contributed by atoms with Crippen LogP contribution in [0.5, 0.6) is 0 Å². The van der Waals surface area contributed by atoms with Crippen LogP contribution in [-0.4, -0.2) is 9.78 Å². The molecule has 1 atom stereocenters. The minimum absolute atomic E-state index is 0.0175. The summed E-state index contributed by atoms with van der Waals surface area (Å²) in [6.07, 6.45) is 2.70. The van der Waals surface area contributed by atoms with Crippen molar-refractivity contribution in [2.24, 2.45) is 5.84 Å². The van der Waals surface area contributed by atoms with Gasteiger partial charge >= 0.3 is 0 Å². The van der Waals surface area contributed by atoms with Crippen molar-refractivity contribution in [2.75, 3.05) is 0 Å². The van der Waals surface area contributed by atoms with Gasteiger partial charge < -0.3 is 0 Å². The van der Waals surface area contributed by atoms with E-state index in [-0.39, 0.29) is 6.04 Å². The number of rotatable bonds is 5. The zero-order valence-corrected chi connectivity index (χ0v) is 13.8. The van der Waals surface area contributed by atoms with E-state index in [9.17, 15) is 0 Å². The van der Waals surface area contributed by atoms with E-state index in [2.05, 4.69) is 40.3 Å². The average molecular weight is 358 g/mol. The molecule has 0 aliphatic carbocycles. The maximum atomic E-state index is 6.13. The Labute approximate surface area is 132 Å².